The molecule has 3 aromatic rings. The molecule has 3 aromatic heterocycles. The van der Waals surface area contributed by atoms with Gasteiger partial charge in [0, 0.05) is 32.7 Å². The predicted molar refractivity (Wildman–Crippen MR) is 96.5 cm³/mol. The van der Waals surface area contributed by atoms with Crippen LogP contribution in [0.5, 0.6) is 0 Å². The monoisotopic (exact) mass is 398 g/mol. The molecule has 0 N–H and O–H groups in total. The van der Waals surface area contributed by atoms with Crippen LogP contribution in [0.4, 0.5) is 13.2 Å². The maximum absolute atomic E-state index is 12.4. The van der Waals surface area contributed by atoms with Crippen molar-refractivity contribution in [1.82, 2.24) is 29.0 Å². The first-order valence-electron chi connectivity index (χ1n) is 8.11. The Labute approximate surface area is 158 Å². The molecule has 0 aliphatic carbocycles. The van der Waals surface area contributed by atoms with Crippen LogP contribution < -0.4 is 0 Å². The van der Waals surface area contributed by atoms with Gasteiger partial charge < -0.3 is 9.47 Å². The van der Waals surface area contributed by atoms with Crippen molar-refractivity contribution in [3.63, 3.8) is 0 Å². The minimum absolute atomic E-state index is 0.296. The Morgan fingerprint density at radius 2 is 2.07 bits per heavy atom. The second-order valence-electron chi connectivity index (χ2n) is 6.28. The van der Waals surface area contributed by atoms with Crippen molar-refractivity contribution < 1.29 is 13.2 Å². The van der Waals surface area contributed by atoms with Gasteiger partial charge >= 0.3 is 6.18 Å². The topological polar surface area (TPSA) is 51.2 Å². The molecule has 0 aliphatic rings. The first-order chi connectivity index (χ1) is 12.7. The number of rotatable bonds is 5. The van der Waals surface area contributed by atoms with E-state index in [1.807, 2.05) is 14.0 Å². The summed E-state index contributed by atoms with van der Waals surface area (Å²) in [6.45, 7) is 0.887. The van der Waals surface area contributed by atoms with E-state index >= 15 is 0 Å². The quantitative estimate of drug-likeness (QED) is 0.658. The molecule has 0 spiro atoms. The molecule has 0 amide bonds. The van der Waals surface area contributed by atoms with E-state index in [-0.39, 0.29) is 0 Å². The van der Waals surface area contributed by atoms with Crippen LogP contribution in [-0.4, -0.2) is 48.8 Å². The van der Waals surface area contributed by atoms with Crippen LogP contribution >= 0.6 is 11.6 Å². The number of alkyl halides is 3. The summed E-state index contributed by atoms with van der Waals surface area (Å²) >= 11 is 6.35. The Morgan fingerprint density at radius 1 is 1.33 bits per heavy atom. The Morgan fingerprint density at radius 3 is 2.70 bits per heavy atom. The summed E-state index contributed by atoms with van der Waals surface area (Å²) < 4.78 is 40.5. The van der Waals surface area contributed by atoms with Crippen molar-refractivity contribution in [2.75, 3.05) is 13.6 Å². The normalized spacial score (nSPS) is 12.4. The summed E-state index contributed by atoms with van der Waals surface area (Å²) in [4.78, 5) is 9.64. The molecule has 0 atom stereocenters. The fourth-order valence-corrected chi connectivity index (χ4v) is 3.12. The third kappa shape index (κ3) is 4.24. The van der Waals surface area contributed by atoms with Gasteiger partial charge in [-0.25, -0.2) is 14.5 Å². The Hall–Kier alpha value is -2.55. The van der Waals surface area contributed by atoms with Gasteiger partial charge in [-0.1, -0.05) is 17.7 Å². The van der Waals surface area contributed by atoms with Gasteiger partial charge in [-0.05, 0) is 30.7 Å². The van der Waals surface area contributed by atoms with Crippen molar-refractivity contribution in [3.8, 4) is 11.6 Å². The summed E-state index contributed by atoms with van der Waals surface area (Å²) in [5.41, 5.74) is 2.45. The molecule has 6 nitrogen and oxygen atoms in total. The third-order valence-electron chi connectivity index (χ3n) is 4.09. The summed E-state index contributed by atoms with van der Waals surface area (Å²) in [6.07, 6.45) is 4.54. The molecule has 0 bridgehead atoms. The molecule has 0 fully saturated rings. The van der Waals surface area contributed by atoms with Crippen LogP contribution in [0.3, 0.4) is 0 Å². The van der Waals surface area contributed by atoms with E-state index in [0.717, 1.165) is 16.0 Å². The highest BCUT2D eigenvalue weighted by Crippen LogP contribution is 2.26. The molecule has 144 valence electrons. The van der Waals surface area contributed by atoms with Crippen molar-refractivity contribution in [2.45, 2.75) is 19.5 Å². The molecule has 3 heterocycles. The SMILES string of the molecule is Cc1c(C/C=C\N(C)CC(F)(F)F)cn2nc(-c3nccn3C)nc(Cl)c12. The van der Waals surface area contributed by atoms with Gasteiger partial charge in [-0.3, -0.25) is 0 Å². The minimum atomic E-state index is -4.23. The molecule has 0 radical (unpaired) electrons. The van der Waals surface area contributed by atoms with Crippen LogP contribution in [0.25, 0.3) is 17.2 Å². The molecule has 0 aliphatic heterocycles. The number of hydrogen-bond donors (Lipinski definition) is 0. The highest BCUT2D eigenvalue weighted by atomic mass is 35.5. The van der Waals surface area contributed by atoms with E-state index in [4.69, 9.17) is 11.6 Å². The zero-order chi connectivity index (χ0) is 19.8. The molecule has 3 rings (SSSR count). The maximum Gasteiger partial charge on any atom is 0.405 e. The van der Waals surface area contributed by atoms with Crippen LogP contribution in [0.15, 0.2) is 30.9 Å². The molecule has 0 saturated heterocycles. The maximum atomic E-state index is 12.4. The van der Waals surface area contributed by atoms with Gasteiger partial charge in [0.2, 0.25) is 5.82 Å². The summed E-state index contributed by atoms with van der Waals surface area (Å²) in [6, 6.07) is 0. The summed E-state index contributed by atoms with van der Waals surface area (Å²) in [5.74, 6) is 0.974. The van der Waals surface area contributed by atoms with Gasteiger partial charge in [0.1, 0.15) is 12.1 Å². The Balaban J connectivity index is 1.86. The highest BCUT2D eigenvalue weighted by molar-refractivity contribution is 6.32. The molecular weight excluding hydrogens is 381 g/mol. The number of imidazole rings is 1. The van der Waals surface area contributed by atoms with Gasteiger partial charge in [0.25, 0.3) is 0 Å². The number of aryl methyl sites for hydroxylation is 2. The number of allylic oxidation sites excluding steroid dienone is 1. The van der Waals surface area contributed by atoms with Crippen molar-refractivity contribution in [3.05, 3.63) is 47.1 Å². The number of fused-ring (bicyclic) bond motifs is 1. The van der Waals surface area contributed by atoms with Gasteiger partial charge in [0.05, 0.1) is 0 Å². The first-order valence-corrected chi connectivity index (χ1v) is 8.49. The summed E-state index contributed by atoms with van der Waals surface area (Å²) in [7, 11) is 3.22. The Kier molecular flexibility index (Phi) is 5.14. The number of halogens is 4. The second kappa shape index (κ2) is 7.22. The van der Waals surface area contributed by atoms with E-state index in [2.05, 4.69) is 15.1 Å². The average molecular weight is 399 g/mol. The number of nitrogens with zero attached hydrogens (tertiary/aromatic N) is 6. The zero-order valence-corrected chi connectivity index (χ0v) is 15.8. The lowest BCUT2D eigenvalue weighted by Crippen LogP contribution is -2.26. The lowest BCUT2D eigenvalue weighted by atomic mass is 10.1. The second-order valence-corrected chi connectivity index (χ2v) is 6.64. The zero-order valence-electron chi connectivity index (χ0n) is 15.0. The Bertz CT molecular complexity index is 989. The van der Waals surface area contributed by atoms with Crippen molar-refractivity contribution in [1.29, 1.82) is 0 Å². The molecule has 0 saturated carbocycles. The van der Waals surface area contributed by atoms with Crippen LogP contribution in [0.2, 0.25) is 5.15 Å². The van der Waals surface area contributed by atoms with E-state index in [1.54, 1.807) is 33.7 Å². The molecule has 27 heavy (non-hydrogen) atoms. The highest BCUT2D eigenvalue weighted by Gasteiger charge is 2.28. The van der Waals surface area contributed by atoms with Crippen LogP contribution in [0, 0.1) is 6.92 Å². The molecule has 0 unspecified atom stereocenters. The first kappa shape index (κ1) is 19.2. The van der Waals surface area contributed by atoms with E-state index in [9.17, 15) is 13.2 Å². The fraction of sp³-hybridized carbons (Fsp3) is 0.353. The van der Waals surface area contributed by atoms with E-state index in [1.165, 1.54) is 13.2 Å². The lowest BCUT2D eigenvalue weighted by Gasteiger charge is -2.15. The summed E-state index contributed by atoms with van der Waals surface area (Å²) in [5, 5.41) is 4.76. The van der Waals surface area contributed by atoms with Gasteiger partial charge in [0.15, 0.2) is 11.0 Å². The smallest absolute Gasteiger partial charge is 0.372 e. The fourth-order valence-electron chi connectivity index (χ4n) is 2.81. The molecule has 10 heteroatoms. The number of hydrogen-bond acceptors (Lipinski definition) is 4. The van der Waals surface area contributed by atoms with Crippen molar-refractivity contribution >= 4 is 17.1 Å². The van der Waals surface area contributed by atoms with Crippen LogP contribution in [0.1, 0.15) is 11.1 Å². The standard InChI is InChI=1S/C17H18ClF3N6/c1-11-12(5-4-7-25(2)10-17(19,20)21)9-27-13(11)14(18)23-15(24-27)16-22-6-8-26(16)3/h4,6-9H,5,10H2,1-3H3/b7-4-. The van der Waals surface area contributed by atoms with E-state index in [0.29, 0.717) is 28.7 Å². The number of aromatic nitrogens is 5. The van der Waals surface area contributed by atoms with Gasteiger partial charge in [-0.15, -0.1) is 5.10 Å². The van der Waals surface area contributed by atoms with Crippen LogP contribution in [-0.2, 0) is 13.5 Å². The molecular formula is C17H18ClF3N6. The molecule has 0 aromatic carbocycles. The van der Waals surface area contributed by atoms with Crippen molar-refractivity contribution in [2.24, 2.45) is 7.05 Å². The largest absolute Gasteiger partial charge is 0.405 e. The van der Waals surface area contributed by atoms with Gasteiger partial charge in [-0.2, -0.15) is 13.2 Å². The average Bonchev–Trinajstić information content (AvgIpc) is 3.10. The lowest BCUT2D eigenvalue weighted by molar-refractivity contribution is -0.138. The predicted octanol–water partition coefficient (Wildman–Crippen LogP) is 3.64. The minimum Gasteiger partial charge on any atom is -0.372 e. The third-order valence-corrected chi connectivity index (χ3v) is 4.36. The van der Waals surface area contributed by atoms with E-state index < -0.39 is 12.7 Å².